The lowest BCUT2D eigenvalue weighted by molar-refractivity contribution is 0.0947. The highest BCUT2D eigenvalue weighted by Gasteiger charge is 2.11. The Morgan fingerprint density at radius 2 is 1.86 bits per heavy atom. The number of rotatable bonds is 4. The average Bonchev–Trinajstić information content (AvgIpc) is 3.03. The van der Waals surface area contributed by atoms with Crippen molar-refractivity contribution in [1.82, 2.24) is 20.5 Å². The molecule has 21 heavy (non-hydrogen) atoms. The summed E-state index contributed by atoms with van der Waals surface area (Å²) in [6, 6.07) is 14.4. The van der Waals surface area contributed by atoms with Gasteiger partial charge in [0.1, 0.15) is 5.69 Å². The summed E-state index contributed by atoms with van der Waals surface area (Å²) in [5.74, 6) is 0.479. The SMILES string of the molecule is O=C(NCc1nnc(-c2ccccn2)o1)c1ccccc1. The van der Waals surface area contributed by atoms with E-state index in [0.717, 1.165) is 0 Å². The van der Waals surface area contributed by atoms with E-state index in [1.54, 1.807) is 42.6 Å². The number of aromatic nitrogens is 3. The predicted molar refractivity (Wildman–Crippen MR) is 75.1 cm³/mol. The molecular weight excluding hydrogens is 268 g/mol. The molecule has 0 aliphatic carbocycles. The first kappa shape index (κ1) is 13.0. The number of nitrogens with one attached hydrogen (secondary N) is 1. The molecule has 6 nitrogen and oxygen atoms in total. The third-order valence-corrected chi connectivity index (χ3v) is 2.79. The zero-order valence-electron chi connectivity index (χ0n) is 11.1. The molecule has 3 rings (SSSR count). The maximum absolute atomic E-state index is 11.9. The van der Waals surface area contributed by atoms with Gasteiger partial charge in [0.2, 0.25) is 5.89 Å². The number of hydrogen-bond donors (Lipinski definition) is 1. The van der Waals surface area contributed by atoms with Gasteiger partial charge in [-0.3, -0.25) is 9.78 Å². The summed E-state index contributed by atoms with van der Waals surface area (Å²) in [6.45, 7) is 0.174. The molecule has 3 aromatic rings. The van der Waals surface area contributed by atoms with Crippen molar-refractivity contribution in [1.29, 1.82) is 0 Å². The van der Waals surface area contributed by atoms with Gasteiger partial charge in [0.05, 0.1) is 6.54 Å². The molecule has 1 N–H and O–H groups in total. The summed E-state index contributed by atoms with van der Waals surface area (Å²) in [5, 5.41) is 10.5. The Bertz CT molecular complexity index is 726. The van der Waals surface area contributed by atoms with Gasteiger partial charge >= 0.3 is 0 Å². The molecule has 0 fully saturated rings. The first-order valence-electron chi connectivity index (χ1n) is 6.40. The van der Waals surface area contributed by atoms with Crippen molar-refractivity contribution in [3.8, 4) is 11.6 Å². The second-order valence-corrected chi connectivity index (χ2v) is 4.26. The lowest BCUT2D eigenvalue weighted by Gasteiger charge is -2.01. The highest BCUT2D eigenvalue weighted by atomic mass is 16.4. The van der Waals surface area contributed by atoms with Crippen LogP contribution in [0.5, 0.6) is 0 Å². The van der Waals surface area contributed by atoms with Gasteiger partial charge in [-0.1, -0.05) is 24.3 Å². The Hall–Kier alpha value is -3.02. The summed E-state index contributed by atoms with van der Waals surface area (Å²) >= 11 is 0. The molecule has 6 heteroatoms. The Labute approximate surface area is 120 Å². The van der Waals surface area contributed by atoms with E-state index < -0.39 is 0 Å². The molecule has 0 aliphatic heterocycles. The predicted octanol–water partition coefficient (Wildman–Crippen LogP) is 2.06. The molecule has 0 aliphatic rings. The maximum Gasteiger partial charge on any atom is 0.266 e. The maximum atomic E-state index is 11.9. The van der Waals surface area contributed by atoms with Gasteiger partial charge in [0, 0.05) is 11.8 Å². The van der Waals surface area contributed by atoms with Crippen molar-refractivity contribution in [2.24, 2.45) is 0 Å². The first-order chi connectivity index (χ1) is 10.3. The summed E-state index contributed by atoms with van der Waals surface area (Å²) in [6.07, 6.45) is 1.65. The monoisotopic (exact) mass is 280 g/mol. The normalized spacial score (nSPS) is 10.3. The van der Waals surface area contributed by atoms with Gasteiger partial charge in [-0.05, 0) is 24.3 Å². The second-order valence-electron chi connectivity index (χ2n) is 4.26. The van der Waals surface area contributed by atoms with Crippen molar-refractivity contribution in [3.63, 3.8) is 0 Å². The fourth-order valence-electron chi connectivity index (χ4n) is 1.77. The van der Waals surface area contributed by atoms with Crippen molar-refractivity contribution in [2.45, 2.75) is 6.54 Å². The molecule has 0 bridgehead atoms. The Kier molecular flexibility index (Phi) is 3.68. The second kappa shape index (κ2) is 5.96. The molecule has 0 saturated heterocycles. The third kappa shape index (κ3) is 3.11. The number of nitrogens with zero attached hydrogens (tertiary/aromatic N) is 3. The molecule has 0 radical (unpaired) electrons. The zero-order valence-corrected chi connectivity index (χ0v) is 11.1. The molecule has 0 unspecified atom stereocenters. The lowest BCUT2D eigenvalue weighted by Crippen LogP contribution is -2.22. The molecule has 2 aromatic heterocycles. The number of carbonyl (C=O) groups excluding carboxylic acids is 1. The number of hydrogen-bond acceptors (Lipinski definition) is 5. The largest absolute Gasteiger partial charge is 0.417 e. The Balaban J connectivity index is 1.64. The molecule has 0 atom stereocenters. The van der Waals surface area contributed by atoms with Crippen LogP contribution in [0, 0.1) is 0 Å². The molecule has 0 saturated carbocycles. The summed E-state index contributed by atoms with van der Waals surface area (Å²) in [4.78, 5) is 16.0. The van der Waals surface area contributed by atoms with E-state index >= 15 is 0 Å². The number of pyridine rings is 1. The standard InChI is InChI=1S/C15H12N4O2/c20-14(11-6-2-1-3-7-11)17-10-13-18-19-15(21-13)12-8-4-5-9-16-12/h1-9H,10H2,(H,17,20). The van der Waals surface area contributed by atoms with Gasteiger partial charge < -0.3 is 9.73 Å². The molecule has 0 spiro atoms. The quantitative estimate of drug-likeness (QED) is 0.791. The van der Waals surface area contributed by atoms with Crippen molar-refractivity contribution in [2.75, 3.05) is 0 Å². The Morgan fingerprint density at radius 1 is 1.05 bits per heavy atom. The van der Waals surface area contributed by atoms with Gasteiger partial charge in [0.25, 0.3) is 11.8 Å². The van der Waals surface area contributed by atoms with Crippen LogP contribution in [-0.2, 0) is 6.54 Å². The van der Waals surface area contributed by atoms with Gasteiger partial charge in [-0.2, -0.15) is 0 Å². The average molecular weight is 280 g/mol. The lowest BCUT2D eigenvalue weighted by atomic mass is 10.2. The van der Waals surface area contributed by atoms with Gasteiger partial charge in [0.15, 0.2) is 0 Å². The van der Waals surface area contributed by atoms with E-state index in [1.807, 2.05) is 12.1 Å². The van der Waals surface area contributed by atoms with Crippen molar-refractivity contribution < 1.29 is 9.21 Å². The minimum atomic E-state index is -0.187. The number of benzene rings is 1. The summed E-state index contributed by atoms with van der Waals surface area (Å²) in [5.41, 5.74) is 1.19. The van der Waals surface area contributed by atoms with Crippen LogP contribution in [-0.4, -0.2) is 21.1 Å². The van der Waals surface area contributed by atoms with Crippen LogP contribution in [0.4, 0.5) is 0 Å². The third-order valence-electron chi connectivity index (χ3n) is 2.79. The van der Waals surface area contributed by atoms with Crippen LogP contribution in [0.15, 0.2) is 59.1 Å². The Morgan fingerprint density at radius 3 is 2.62 bits per heavy atom. The molecule has 2 heterocycles. The van der Waals surface area contributed by atoms with E-state index in [2.05, 4.69) is 20.5 Å². The summed E-state index contributed by atoms with van der Waals surface area (Å²) in [7, 11) is 0. The van der Waals surface area contributed by atoms with E-state index in [4.69, 9.17) is 4.42 Å². The van der Waals surface area contributed by atoms with Crippen LogP contribution < -0.4 is 5.32 Å². The van der Waals surface area contributed by atoms with Crippen LogP contribution >= 0.6 is 0 Å². The molecule has 1 aromatic carbocycles. The fourth-order valence-corrected chi connectivity index (χ4v) is 1.77. The van der Waals surface area contributed by atoms with E-state index in [9.17, 15) is 4.79 Å². The van der Waals surface area contributed by atoms with E-state index in [1.165, 1.54) is 0 Å². The van der Waals surface area contributed by atoms with Gasteiger partial charge in [-0.15, -0.1) is 10.2 Å². The van der Waals surface area contributed by atoms with E-state index in [-0.39, 0.29) is 12.5 Å². The molecular formula is C15H12N4O2. The minimum Gasteiger partial charge on any atom is -0.417 e. The summed E-state index contributed by atoms with van der Waals surface area (Å²) < 4.78 is 5.46. The van der Waals surface area contributed by atoms with E-state index in [0.29, 0.717) is 23.0 Å². The topological polar surface area (TPSA) is 80.9 Å². The zero-order chi connectivity index (χ0) is 14.5. The number of carbonyl (C=O) groups is 1. The van der Waals surface area contributed by atoms with Crippen LogP contribution in [0.25, 0.3) is 11.6 Å². The fraction of sp³-hybridized carbons (Fsp3) is 0.0667. The van der Waals surface area contributed by atoms with Crippen LogP contribution in [0.2, 0.25) is 0 Å². The highest BCUT2D eigenvalue weighted by Crippen LogP contribution is 2.13. The van der Waals surface area contributed by atoms with Crippen LogP contribution in [0.3, 0.4) is 0 Å². The molecule has 104 valence electrons. The van der Waals surface area contributed by atoms with Gasteiger partial charge in [-0.25, -0.2) is 0 Å². The van der Waals surface area contributed by atoms with Crippen molar-refractivity contribution in [3.05, 3.63) is 66.2 Å². The highest BCUT2D eigenvalue weighted by molar-refractivity contribution is 5.93. The van der Waals surface area contributed by atoms with Crippen molar-refractivity contribution >= 4 is 5.91 Å². The smallest absolute Gasteiger partial charge is 0.266 e. The minimum absolute atomic E-state index is 0.174. The van der Waals surface area contributed by atoms with Crippen LogP contribution in [0.1, 0.15) is 16.2 Å². The molecule has 1 amide bonds. The first-order valence-corrected chi connectivity index (χ1v) is 6.40. The number of amides is 1.